The molecule has 0 bridgehead atoms. The first kappa shape index (κ1) is 18.4. The zero-order chi connectivity index (χ0) is 14.7. The van der Waals surface area contributed by atoms with Crippen LogP contribution in [0.25, 0.3) is 0 Å². The van der Waals surface area contributed by atoms with E-state index in [9.17, 15) is 4.79 Å². The summed E-state index contributed by atoms with van der Waals surface area (Å²) in [6, 6.07) is 0. The van der Waals surface area contributed by atoms with Crippen molar-refractivity contribution in [1.29, 1.82) is 0 Å². The Labute approximate surface area is 118 Å². The molecule has 0 spiro atoms. The highest BCUT2D eigenvalue weighted by atomic mass is 16.4. The largest absolute Gasteiger partial charge is 0.480 e. The molecule has 5 heteroatoms. The van der Waals surface area contributed by atoms with Crippen molar-refractivity contribution in [2.75, 3.05) is 58.9 Å². The monoisotopic (exact) mass is 273 g/mol. The van der Waals surface area contributed by atoms with Crippen LogP contribution in [0.5, 0.6) is 0 Å². The summed E-state index contributed by atoms with van der Waals surface area (Å²) in [6.45, 7) is 16.3. The molecule has 0 aromatic carbocycles. The summed E-state index contributed by atoms with van der Waals surface area (Å²) in [5.74, 6) is -0.737. The van der Waals surface area contributed by atoms with Gasteiger partial charge in [0.1, 0.15) is 0 Å². The van der Waals surface area contributed by atoms with E-state index in [1.54, 1.807) is 0 Å². The van der Waals surface area contributed by atoms with Gasteiger partial charge < -0.3 is 14.9 Å². The number of hydrogen-bond donors (Lipinski definition) is 1. The van der Waals surface area contributed by atoms with Gasteiger partial charge in [-0.1, -0.05) is 27.7 Å². The van der Waals surface area contributed by atoms with Crippen molar-refractivity contribution in [3.8, 4) is 0 Å². The lowest BCUT2D eigenvalue weighted by molar-refractivity contribution is -0.138. The predicted octanol–water partition coefficient (Wildman–Crippen LogP) is 1.06. The molecule has 0 atom stereocenters. The number of carbonyl (C=O) groups is 1. The third kappa shape index (κ3) is 8.97. The van der Waals surface area contributed by atoms with E-state index in [1.165, 1.54) is 0 Å². The number of hydrogen-bond acceptors (Lipinski definition) is 4. The maximum absolute atomic E-state index is 10.9. The van der Waals surface area contributed by atoms with Gasteiger partial charge in [0.25, 0.3) is 0 Å². The van der Waals surface area contributed by atoms with E-state index in [0.717, 1.165) is 52.4 Å². The van der Waals surface area contributed by atoms with Crippen molar-refractivity contribution in [1.82, 2.24) is 14.7 Å². The smallest absolute Gasteiger partial charge is 0.317 e. The molecule has 0 aromatic heterocycles. The van der Waals surface area contributed by atoms with Gasteiger partial charge in [0.05, 0.1) is 6.54 Å². The van der Waals surface area contributed by atoms with Gasteiger partial charge in [-0.25, -0.2) is 0 Å². The van der Waals surface area contributed by atoms with Gasteiger partial charge in [-0.05, 0) is 26.2 Å². The van der Waals surface area contributed by atoms with Crippen molar-refractivity contribution < 1.29 is 9.90 Å². The van der Waals surface area contributed by atoms with Gasteiger partial charge in [0, 0.05) is 26.2 Å². The zero-order valence-electron chi connectivity index (χ0n) is 13.1. The molecule has 0 radical (unpaired) electrons. The predicted molar refractivity (Wildman–Crippen MR) is 79.7 cm³/mol. The molecular formula is C14H31N3O2. The molecule has 0 saturated carbocycles. The van der Waals surface area contributed by atoms with E-state index in [1.807, 2.05) is 4.90 Å². The molecule has 1 N–H and O–H groups in total. The number of nitrogens with zero attached hydrogens (tertiary/aromatic N) is 3. The SMILES string of the molecule is CCN(CC)CCN(CCN(CC)CC)CC(=O)O. The van der Waals surface area contributed by atoms with Gasteiger partial charge in [0.15, 0.2) is 0 Å². The number of aliphatic carboxylic acids is 1. The van der Waals surface area contributed by atoms with Crippen molar-refractivity contribution in [3.05, 3.63) is 0 Å². The summed E-state index contributed by atoms with van der Waals surface area (Å²) in [5, 5.41) is 8.97. The molecule has 0 aliphatic carbocycles. The second-order valence-electron chi connectivity index (χ2n) is 4.72. The van der Waals surface area contributed by atoms with E-state index in [-0.39, 0.29) is 6.54 Å². The van der Waals surface area contributed by atoms with Crippen molar-refractivity contribution >= 4 is 5.97 Å². The van der Waals surface area contributed by atoms with Crippen molar-refractivity contribution in [2.45, 2.75) is 27.7 Å². The lowest BCUT2D eigenvalue weighted by atomic mass is 10.3. The molecule has 0 fully saturated rings. The second-order valence-corrected chi connectivity index (χ2v) is 4.72. The van der Waals surface area contributed by atoms with Crippen LogP contribution in [0.15, 0.2) is 0 Å². The minimum absolute atomic E-state index is 0.141. The van der Waals surface area contributed by atoms with Crippen molar-refractivity contribution in [3.63, 3.8) is 0 Å². The molecular weight excluding hydrogens is 242 g/mol. The standard InChI is InChI=1S/C14H31N3O2/c1-5-15(6-2)9-11-17(13-14(18)19)12-10-16(7-3)8-4/h5-13H2,1-4H3,(H,18,19). The molecule has 0 aromatic rings. The van der Waals surface area contributed by atoms with E-state index in [0.29, 0.717) is 0 Å². The Bertz CT molecular complexity index is 213. The fraction of sp³-hybridized carbons (Fsp3) is 0.929. The Morgan fingerprint density at radius 3 is 1.32 bits per heavy atom. The first-order valence-corrected chi connectivity index (χ1v) is 7.46. The van der Waals surface area contributed by atoms with Crippen molar-refractivity contribution in [2.24, 2.45) is 0 Å². The maximum atomic E-state index is 10.9. The third-order valence-corrected chi connectivity index (χ3v) is 3.61. The van der Waals surface area contributed by atoms with Crippen LogP contribution in [0, 0.1) is 0 Å². The fourth-order valence-corrected chi connectivity index (χ4v) is 2.11. The molecule has 0 unspecified atom stereocenters. The quantitative estimate of drug-likeness (QED) is 0.576. The van der Waals surface area contributed by atoms with Crippen LogP contribution in [0.4, 0.5) is 0 Å². The maximum Gasteiger partial charge on any atom is 0.317 e. The second kappa shape index (κ2) is 11.2. The highest BCUT2D eigenvalue weighted by molar-refractivity contribution is 5.69. The lowest BCUT2D eigenvalue weighted by Crippen LogP contribution is -2.42. The molecule has 0 aliphatic heterocycles. The van der Waals surface area contributed by atoms with Gasteiger partial charge in [0.2, 0.25) is 0 Å². The van der Waals surface area contributed by atoms with E-state index >= 15 is 0 Å². The molecule has 0 saturated heterocycles. The summed E-state index contributed by atoms with van der Waals surface area (Å²) in [6.07, 6.45) is 0. The molecule has 0 amide bonds. The summed E-state index contributed by atoms with van der Waals surface area (Å²) in [7, 11) is 0. The Kier molecular flexibility index (Phi) is 10.8. The fourth-order valence-electron chi connectivity index (χ4n) is 2.11. The van der Waals surface area contributed by atoms with Crippen LogP contribution in [0.1, 0.15) is 27.7 Å². The summed E-state index contributed by atoms with van der Waals surface area (Å²) in [4.78, 5) is 17.6. The highest BCUT2D eigenvalue weighted by Crippen LogP contribution is 1.95. The van der Waals surface area contributed by atoms with Crippen LogP contribution < -0.4 is 0 Å². The van der Waals surface area contributed by atoms with Crippen LogP contribution in [0.2, 0.25) is 0 Å². The van der Waals surface area contributed by atoms with Gasteiger partial charge in [-0.15, -0.1) is 0 Å². The average molecular weight is 273 g/mol. The zero-order valence-corrected chi connectivity index (χ0v) is 13.1. The van der Waals surface area contributed by atoms with Gasteiger partial charge in [-0.2, -0.15) is 0 Å². The molecule has 114 valence electrons. The molecule has 0 aliphatic rings. The third-order valence-electron chi connectivity index (χ3n) is 3.61. The molecule has 19 heavy (non-hydrogen) atoms. The Morgan fingerprint density at radius 2 is 1.05 bits per heavy atom. The Balaban J connectivity index is 4.18. The van der Waals surface area contributed by atoms with Crippen LogP contribution in [-0.4, -0.2) is 84.7 Å². The Hall–Kier alpha value is -0.650. The number of rotatable bonds is 12. The number of likely N-dealkylation sites (N-methyl/N-ethyl adjacent to an activating group) is 2. The van der Waals surface area contributed by atoms with Gasteiger partial charge >= 0.3 is 5.97 Å². The summed E-state index contributed by atoms with van der Waals surface area (Å²) in [5.41, 5.74) is 0. The van der Waals surface area contributed by atoms with Crippen LogP contribution in [0.3, 0.4) is 0 Å². The first-order valence-electron chi connectivity index (χ1n) is 7.46. The van der Waals surface area contributed by atoms with E-state index < -0.39 is 5.97 Å². The number of carboxylic acid groups (broad SMARTS) is 1. The summed E-state index contributed by atoms with van der Waals surface area (Å²) >= 11 is 0. The van der Waals surface area contributed by atoms with E-state index in [2.05, 4.69) is 37.5 Å². The first-order chi connectivity index (χ1) is 9.07. The molecule has 0 heterocycles. The minimum Gasteiger partial charge on any atom is -0.480 e. The van der Waals surface area contributed by atoms with Gasteiger partial charge in [-0.3, -0.25) is 9.69 Å². The average Bonchev–Trinajstić information content (AvgIpc) is 2.40. The topological polar surface area (TPSA) is 47.0 Å². The minimum atomic E-state index is -0.737. The Morgan fingerprint density at radius 1 is 0.737 bits per heavy atom. The normalized spacial score (nSPS) is 11.7. The molecule has 0 rings (SSSR count). The lowest BCUT2D eigenvalue weighted by Gasteiger charge is -2.27. The molecule has 5 nitrogen and oxygen atoms in total. The highest BCUT2D eigenvalue weighted by Gasteiger charge is 2.12. The summed E-state index contributed by atoms with van der Waals surface area (Å²) < 4.78 is 0. The van der Waals surface area contributed by atoms with Crippen LogP contribution >= 0.6 is 0 Å². The van der Waals surface area contributed by atoms with E-state index in [4.69, 9.17) is 5.11 Å². The number of carboxylic acids is 1. The van der Waals surface area contributed by atoms with Crippen LogP contribution in [-0.2, 0) is 4.79 Å².